The number of hydrogen-bond acceptors (Lipinski definition) is 6. The average Bonchev–Trinajstić information content (AvgIpc) is 3.60. The summed E-state index contributed by atoms with van der Waals surface area (Å²) in [6, 6.07) is 13.1. The maximum absolute atomic E-state index is 13.0. The van der Waals surface area contributed by atoms with Crippen LogP contribution in [0.2, 0.25) is 0 Å². The summed E-state index contributed by atoms with van der Waals surface area (Å²) in [5.41, 5.74) is 4.25. The van der Waals surface area contributed by atoms with Crippen LogP contribution in [0.25, 0.3) is 22.2 Å². The SMILES string of the molecule is COCCCC(=O)c1ccc2nn(CC3CCN(C(=O)c4ccc(-c5ccno5)cc4)CC3)cc2c1C. The van der Waals surface area contributed by atoms with Gasteiger partial charge in [0.15, 0.2) is 11.5 Å². The van der Waals surface area contributed by atoms with E-state index in [1.54, 1.807) is 19.4 Å². The number of rotatable bonds is 9. The Morgan fingerprint density at radius 3 is 2.57 bits per heavy atom. The van der Waals surface area contributed by atoms with Crippen LogP contribution in [0.15, 0.2) is 59.4 Å². The molecule has 4 aromatic rings. The second kappa shape index (κ2) is 11.1. The average molecular weight is 501 g/mol. The zero-order valence-corrected chi connectivity index (χ0v) is 21.4. The topological polar surface area (TPSA) is 90.5 Å². The first-order valence-electron chi connectivity index (χ1n) is 12.8. The van der Waals surface area contributed by atoms with Crippen LogP contribution in [-0.2, 0) is 11.3 Å². The van der Waals surface area contributed by atoms with Gasteiger partial charge < -0.3 is 14.2 Å². The minimum atomic E-state index is 0.0609. The third-order valence-electron chi connectivity index (χ3n) is 7.26. The van der Waals surface area contributed by atoms with Gasteiger partial charge in [0.05, 0.1) is 11.7 Å². The maximum Gasteiger partial charge on any atom is 0.253 e. The van der Waals surface area contributed by atoms with E-state index in [0.29, 0.717) is 30.3 Å². The van der Waals surface area contributed by atoms with E-state index in [4.69, 9.17) is 14.4 Å². The molecule has 8 heteroatoms. The Morgan fingerprint density at radius 2 is 1.86 bits per heavy atom. The van der Waals surface area contributed by atoms with Crippen molar-refractivity contribution in [2.75, 3.05) is 26.8 Å². The van der Waals surface area contributed by atoms with Gasteiger partial charge in [0.2, 0.25) is 0 Å². The van der Waals surface area contributed by atoms with E-state index >= 15 is 0 Å². The predicted molar refractivity (Wildman–Crippen MR) is 140 cm³/mol. The van der Waals surface area contributed by atoms with Crippen LogP contribution in [0.5, 0.6) is 0 Å². The Balaban J connectivity index is 1.18. The number of fused-ring (bicyclic) bond motifs is 1. The molecular weight excluding hydrogens is 468 g/mol. The van der Waals surface area contributed by atoms with Gasteiger partial charge in [0, 0.05) is 74.1 Å². The highest BCUT2D eigenvalue weighted by molar-refractivity contribution is 6.01. The van der Waals surface area contributed by atoms with Gasteiger partial charge in [0.25, 0.3) is 5.91 Å². The van der Waals surface area contributed by atoms with Crippen LogP contribution < -0.4 is 0 Å². The van der Waals surface area contributed by atoms with Crippen molar-refractivity contribution in [2.45, 2.75) is 39.2 Å². The van der Waals surface area contributed by atoms with Gasteiger partial charge in [-0.25, -0.2) is 0 Å². The molecule has 1 aliphatic heterocycles. The number of benzene rings is 2. The summed E-state index contributed by atoms with van der Waals surface area (Å²) in [6.45, 7) is 4.85. The molecule has 0 N–H and O–H groups in total. The molecule has 192 valence electrons. The van der Waals surface area contributed by atoms with Gasteiger partial charge in [-0.15, -0.1) is 0 Å². The third-order valence-corrected chi connectivity index (χ3v) is 7.26. The summed E-state index contributed by atoms with van der Waals surface area (Å²) in [5.74, 6) is 1.34. The number of carbonyl (C=O) groups is 2. The summed E-state index contributed by atoms with van der Waals surface area (Å²) < 4.78 is 12.3. The van der Waals surface area contributed by atoms with Crippen molar-refractivity contribution in [3.8, 4) is 11.3 Å². The van der Waals surface area contributed by atoms with E-state index in [-0.39, 0.29) is 11.7 Å². The Kier molecular flexibility index (Phi) is 7.46. The lowest BCUT2D eigenvalue weighted by Crippen LogP contribution is -2.39. The van der Waals surface area contributed by atoms with E-state index in [0.717, 1.165) is 66.5 Å². The van der Waals surface area contributed by atoms with Crippen molar-refractivity contribution in [2.24, 2.45) is 5.92 Å². The lowest BCUT2D eigenvalue weighted by atomic mass is 9.96. The molecule has 1 aliphatic rings. The number of aromatic nitrogens is 3. The Hall–Kier alpha value is -3.78. The Bertz CT molecular complexity index is 1370. The third kappa shape index (κ3) is 5.49. The molecule has 0 unspecified atom stereocenters. The number of hydrogen-bond donors (Lipinski definition) is 0. The van der Waals surface area contributed by atoms with Crippen molar-refractivity contribution in [1.29, 1.82) is 0 Å². The van der Waals surface area contributed by atoms with E-state index in [9.17, 15) is 9.59 Å². The molecule has 1 fully saturated rings. The Labute approximate surface area is 216 Å². The van der Waals surface area contributed by atoms with E-state index in [1.165, 1.54) is 0 Å². The zero-order valence-electron chi connectivity index (χ0n) is 21.4. The molecule has 0 spiro atoms. The lowest BCUT2D eigenvalue weighted by molar-refractivity contribution is 0.0681. The first kappa shape index (κ1) is 24.9. The lowest BCUT2D eigenvalue weighted by Gasteiger charge is -2.32. The number of likely N-dealkylation sites (tertiary alicyclic amines) is 1. The number of methoxy groups -OCH3 is 1. The summed E-state index contributed by atoms with van der Waals surface area (Å²) in [6.07, 6.45) is 6.73. The second-order valence-corrected chi connectivity index (χ2v) is 9.73. The van der Waals surface area contributed by atoms with Crippen LogP contribution >= 0.6 is 0 Å². The van der Waals surface area contributed by atoms with Crippen LogP contribution in [0.3, 0.4) is 0 Å². The summed E-state index contributed by atoms with van der Waals surface area (Å²) in [7, 11) is 1.65. The second-order valence-electron chi connectivity index (χ2n) is 9.73. The van der Waals surface area contributed by atoms with Gasteiger partial charge in [-0.3, -0.25) is 14.3 Å². The monoisotopic (exact) mass is 500 g/mol. The number of ketones is 1. The van der Waals surface area contributed by atoms with Crippen molar-refractivity contribution >= 4 is 22.6 Å². The molecule has 0 aliphatic carbocycles. The van der Waals surface area contributed by atoms with Crippen molar-refractivity contribution in [3.63, 3.8) is 0 Å². The van der Waals surface area contributed by atoms with Gasteiger partial charge >= 0.3 is 0 Å². The number of piperidine rings is 1. The largest absolute Gasteiger partial charge is 0.385 e. The van der Waals surface area contributed by atoms with E-state index in [2.05, 4.69) is 11.4 Å². The normalized spacial score (nSPS) is 14.4. The molecular formula is C29H32N4O4. The molecule has 0 atom stereocenters. The summed E-state index contributed by atoms with van der Waals surface area (Å²) in [5, 5.41) is 9.53. The fourth-order valence-corrected chi connectivity index (χ4v) is 5.10. The van der Waals surface area contributed by atoms with E-state index < -0.39 is 0 Å². The van der Waals surface area contributed by atoms with Crippen LogP contribution in [-0.4, -0.2) is 58.3 Å². The summed E-state index contributed by atoms with van der Waals surface area (Å²) >= 11 is 0. The van der Waals surface area contributed by atoms with Gasteiger partial charge in [-0.1, -0.05) is 17.3 Å². The highest BCUT2D eigenvalue weighted by Crippen LogP contribution is 2.26. The molecule has 8 nitrogen and oxygen atoms in total. The smallest absolute Gasteiger partial charge is 0.253 e. The number of aryl methyl sites for hydroxylation is 1. The standard InChI is InChI=1S/C29H32N4O4/c1-20-24(27(34)4-3-17-36-2)9-10-26-25(20)19-33(31-26)18-21-12-15-32(16-13-21)29(35)23-7-5-22(6-8-23)28-11-14-30-37-28/h5-11,14,19,21H,3-4,12-13,15-18H2,1-2H3. The van der Waals surface area contributed by atoms with Gasteiger partial charge in [-0.05, 0) is 61.9 Å². The number of amides is 1. The van der Waals surface area contributed by atoms with Crippen molar-refractivity contribution < 1.29 is 18.8 Å². The number of ether oxygens (including phenoxy) is 1. The molecule has 0 radical (unpaired) electrons. The summed E-state index contributed by atoms with van der Waals surface area (Å²) in [4.78, 5) is 27.6. The number of nitrogens with zero attached hydrogens (tertiary/aromatic N) is 4. The highest BCUT2D eigenvalue weighted by atomic mass is 16.5. The van der Waals surface area contributed by atoms with Gasteiger partial charge in [0.1, 0.15) is 0 Å². The quantitative estimate of drug-likeness (QED) is 0.233. The molecule has 2 aromatic heterocycles. The molecule has 1 saturated heterocycles. The maximum atomic E-state index is 13.0. The Morgan fingerprint density at radius 1 is 1.08 bits per heavy atom. The first-order chi connectivity index (χ1) is 18.0. The predicted octanol–water partition coefficient (Wildman–Crippen LogP) is 5.16. The number of Topliss-reactive ketones (excluding diaryl/α,β-unsaturated/α-hetero) is 1. The fourth-order valence-electron chi connectivity index (χ4n) is 5.10. The number of carbonyl (C=O) groups excluding carboxylic acids is 2. The van der Waals surface area contributed by atoms with Crippen molar-refractivity contribution in [3.05, 3.63) is 71.5 Å². The fraction of sp³-hybridized carbons (Fsp3) is 0.379. The molecule has 37 heavy (non-hydrogen) atoms. The highest BCUT2D eigenvalue weighted by Gasteiger charge is 2.24. The molecule has 2 aromatic carbocycles. The minimum absolute atomic E-state index is 0.0609. The van der Waals surface area contributed by atoms with Gasteiger partial charge in [-0.2, -0.15) is 5.10 Å². The van der Waals surface area contributed by atoms with Crippen molar-refractivity contribution in [1.82, 2.24) is 19.8 Å². The minimum Gasteiger partial charge on any atom is -0.385 e. The van der Waals surface area contributed by atoms with Crippen LogP contribution in [0.1, 0.15) is 52.0 Å². The van der Waals surface area contributed by atoms with E-state index in [1.807, 2.05) is 52.9 Å². The zero-order chi connectivity index (χ0) is 25.8. The van der Waals surface area contributed by atoms with Crippen LogP contribution in [0, 0.1) is 12.8 Å². The molecule has 5 rings (SSSR count). The molecule has 3 heterocycles. The molecule has 1 amide bonds. The first-order valence-corrected chi connectivity index (χ1v) is 12.8. The molecule has 0 bridgehead atoms. The molecule has 0 saturated carbocycles. The van der Waals surface area contributed by atoms with Crippen LogP contribution in [0.4, 0.5) is 0 Å².